The number of H-pyrrole nitrogens is 1. The number of aromatic amines is 1. The van der Waals surface area contributed by atoms with Gasteiger partial charge in [-0.1, -0.05) is 37.6 Å². The summed E-state index contributed by atoms with van der Waals surface area (Å²) < 4.78 is 0. The maximum atomic E-state index is 12.7. The number of aromatic nitrogens is 1. The molecule has 0 spiro atoms. The van der Waals surface area contributed by atoms with Crippen LogP contribution in [0.1, 0.15) is 46.3 Å². The second-order valence-electron chi connectivity index (χ2n) is 6.67. The van der Waals surface area contributed by atoms with E-state index in [-0.39, 0.29) is 17.9 Å². The van der Waals surface area contributed by atoms with Gasteiger partial charge >= 0.3 is 0 Å². The fourth-order valence-electron chi connectivity index (χ4n) is 2.99. The van der Waals surface area contributed by atoms with Gasteiger partial charge in [0.25, 0.3) is 11.8 Å². The third-order valence-electron chi connectivity index (χ3n) is 4.41. The summed E-state index contributed by atoms with van der Waals surface area (Å²) in [6.45, 7) is 4.01. The van der Waals surface area contributed by atoms with E-state index in [1.165, 1.54) is 0 Å². The number of hydroxylamine groups is 1. The first-order chi connectivity index (χ1) is 12.9. The Morgan fingerprint density at radius 2 is 1.74 bits per heavy atom. The number of hydrogen-bond acceptors (Lipinski definition) is 3. The van der Waals surface area contributed by atoms with Crippen molar-refractivity contribution < 1.29 is 14.8 Å². The van der Waals surface area contributed by atoms with Crippen molar-refractivity contribution in [3.8, 4) is 0 Å². The van der Waals surface area contributed by atoms with Gasteiger partial charge < -0.3 is 10.3 Å². The summed E-state index contributed by atoms with van der Waals surface area (Å²) in [5, 5.41) is 13.2. The maximum absolute atomic E-state index is 12.7. The fraction of sp³-hybridized carbons (Fsp3) is 0.200. The molecule has 3 rings (SSSR count). The molecule has 0 fully saturated rings. The number of benzene rings is 2. The van der Waals surface area contributed by atoms with E-state index in [1.807, 2.05) is 19.9 Å². The van der Waals surface area contributed by atoms with Crippen LogP contribution in [0.2, 0.25) is 5.02 Å². The minimum absolute atomic E-state index is 0.130. The Hall–Kier alpha value is -2.83. The van der Waals surface area contributed by atoms with Gasteiger partial charge in [-0.3, -0.25) is 14.8 Å². The molecule has 0 aliphatic rings. The number of rotatable bonds is 5. The highest BCUT2D eigenvalue weighted by Crippen LogP contribution is 2.24. The largest absolute Gasteiger partial charge is 0.351 e. The molecule has 6 nitrogen and oxygen atoms in total. The standard InChI is InChI=1S/C20H20ClN3O3/c1-11(2)18(12-3-5-13(6-4-12)19(25)24-27)23-20(26)17-10-14-9-15(21)7-8-16(14)22-17/h3-11,18,22,27H,1-2H3,(H,23,26)(H,24,25). The van der Waals surface area contributed by atoms with Crippen molar-refractivity contribution in [1.29, 1.82) is 0 Å². The summed E-state index contributed by atoms with van der Waals surface area (Å²) in [7, 11) is 0. The normalized spacial score (nSPS) is 12.2. The number of carbonyl (C=O) groups is 2. The van der Waals surface area contributed by atoms with Gasteiger partial charge in [0.1, 0.15) is 5.69 Å². The lowest BCUT2D eigenvalue weighted by atomic mass is 9.95. The first-order valence-corrected chi connectivity index (χ1v) is 8.90. The van der Waals surface area contributed by atoms with Gasteiger partial charge in [-0.15, -0.1) is 0 Å². The van der Waals surface area contributed by atoms with Crippen molar-refractivity contribution in [2.24, 2.45) is 5.92 Å². The minimum Gasteiger partial charge on any atom is -0.351 e. The first kappa shape index (κ1) is 18.9. The molecule has 0 radical (unpaired) electrons. The number of nitrogens with one attached hydrogen (secondary N) is 3. The molecule has 0 saturated heterocycles. The van der Waals surface area contributed by atoms with Gasteiger partial charge in [0.2, 0.25) is 0 Å². The molecule has 140 valence electrons. The predicted octanol–water partition coefficient (Wildman–Crippen LogP) is 4.07. The van der Waals surface area contributed by atoms with E-state index in [2.05, 4.69) is 10.3 Å². The van der Waals surface area contributed by atoms with Crippen molar-refractivity contribution in [3.05, 3.63) is 70.4 Å². The average molecular weight is 386 g/mol. The van der Waals surface area contributed by atoms with Gasteiger partial charge in [0.05, 0.1) is 6.04 Å². The summed E-state index contributed by atoms with van der Waals surface area (Å²) in [5.41, 5.74) is 4.10. The van der Waals surface area contributed by atoms with Crippen LogP contribution >= 0.6 is 11.6 Å². The van der Waals surface area contributed by atoms with Crippen molar-refractivity contribution >= 4 is 34.3 Å². The van der Waals surface area contributed by atoms with Crippen LogP contribution in [-0.4, -0.2) is 22.0 Å². The van der Waals surface area contributed by atoms with Crippen LogP contribution in [0, 0.1) is 5.92 Å². The fourth-order valence-corrected chi connectivity index (χ4v) is 3.17. The smallest absolute Gasteiger partial charge is 0.274 e. The topological polar surface area (TPSA) is 94.2 Å². The first-order valence-electron chi connectivity index (χ1n) is 8.52. The summed E-state index contributed by atoms with van der Waals surface area (Å²) in [4.78, 5) is 27.3. The molecule has 27 heavy (non-hydrogen) atoms. The number of hydrogen-bond donors (Lipinski definition) is 4. The zero-order valence-corrected chi connectivity index (χ0v) is 15.7. The quantitative estimate of drug-likeness (QED) is 0.394. The molecule has 2 amide bonds. The van der Waals surface area contributed by atoms with Crippen molar-refractivity contribution in [2.45, 2.75) is 19.9 Å². The highest BCUT2D eigenvalue weighted by Gasteiger charge is 2.20. The third-order valence-corrected chi connectivity index (χ3v) is 4.65. The number of fused-ring (bicyclic) bond motifs is 1. The van der Waals surface area contributed by atoms with Crippen LogP contribution in [0.25, 0.3) is 10.9 Å². The second-order valence-corrected chi connectivity index (χ2v) is 7.11. The molecule has 2 aromatic carbocycles. The molecular weight excluding hydrogens is 366 g/mol. The Morgan fingerprint density at radius 1 is 1.04 bits per heavy atom. The molecule has 1 aromatic heterocycles. The van der Waals surface area contributed by atoms with Crippen molar-refractivity contribution in [3.63, 3.8) is 0 Å². The monoisotopic (exact) mass is 385 g/mol. The van der Waals surface area contributed by atoms with Crippen LogP contribution in [0.15, 0.2) is 48.5 Å². The summed E-state index contributed by atoms with van der Waals surface area (Å²) in [6, 6.07) is 13.7. The summed E-state index contributed by atoms with van der Waals surface area (Å²) in [5.74, 6) is -0.674. The number of halogens is 1. The Labute approximate surface area is 161 Å². The van der Waals surface area contributed by atoms with Crippen molar-refractivity contribution in [2.75, 3.05) is 0 Å². The van der Waals surface area contributed by atoms with Gasteiger partial charge in [-0.05, 0) is 47.9 Å². The Morgan fingerprint density at radius 3 is 2.37 bits per heavy atom. The van der Waals surface area contributed by atoms with E-state index in [0.717, 1.165) is 16.5 Å². The molecule has 0 aliphatic carbocycles. The Balaban J connectivity index is 1.82. The molecule has 0 aliphatic heterocycles. The third kappa shape index (κ3) is 4.13. The van der Waals surface area contributed by atoms with Crippen LogP contribution in [-0.2, 0) is 0 Å². The van der Waals surface area contributed by atoms with Crippen molar-refractivity contribution in [1.82, 2.24) is 15.8 Å². The molecule has 3 aromatic rings. The van der Waals surface area contributed by atoms with Crippen LogP contribution in [0.5, 0.6) is 0 Å². The molecular formula is C20H20ClN3O3. The summed E-state index contributed by atoms with van der Waals surface area (Å²) >= 11 is 6.00. The van der Waals surface area contributed by atoms with Crippen LogP contribution in [0.3, 0.4) is 0 Å². The average Bonchev–Trinajstić information content (AvgIpc) is 3.08. The van der Waals surface area contributed by atoms with Gasteiger partial charge in [0.15, 0.2) is 0 Å². The van der Waals surface area contributed by atoms with Gasteiger partial charge in [0, 0.05) is 21.5 Å². The van der Waals surface area contributed by atoms with Gasteiger partial charge in [-0.2, -0.15) is 0 Å². The molecule has 0 saturated carbocycles. The summed E-state index contributed by atoms with van der Waals surface area (Å²) in [6.07, 6.45) is 0. The van der Waals surface area contributed by atoms with E-state index in [0.29, 0.717) is 16.3 Å². The maximum Gasteiger partial charge on any atom is 0.274 e. The number of carbonyl (C=O) groups excluding carboxylic acids is 2. The minimum atomic E-state index is -0.580. The number of amides is 2. The van der Waals surface area contributed by atoms with Gasteiger partial charge in [-0.25, -0.2) is 5.48 Å². The van der Waals surface area contributed by atoms with E-state index in [4.69, 9.17) is 16.8 Å². The zero-order valence-electron chi connectivity index (χ0n) is 14.9. The molecule has 1 heterocycles. The zero-order chi connectivity index (χ0) is 19.6. The molecule has 7 heteroatoms. The molecule has 4 N–H and O–H groups in total. The molecule has 1 unspecified atom stereocenters. The van der Waals surface area contributed by atoms with E-state index >= 15 is 0 Å². The predicted molar refractivity (Wildman–Crippen MR) is 104 cm³/mol. The second kappa shape index (κ2) is 7.82. The lowest BCUT2D eigenvalue weighted by Gasteiger charge is -2.23. The molecule has 0 bridgehead atoms. The molecule has 1 atom stereocenters. The highest BCUT2D eigenvalue weighted by atomic mass is 35.5. The highest BCUT2D eigenvalue weighted by molar-refractivity contribution is 6.31. The van der Waals surface area contributed by atoms with E-state index in [1.54, 1.807) is 47.9 Å². The van der Waals surface area contributed by atoms with Crippen LogP contribution < -0.4 is 10.8 Å². The van der Waals surface area contributed by atoms with E-state index in [9.17, 15) is 9.59 Å². The lowest BCUT2D eigenvalue weighted by molar-refractivity contribution is 0.0706. The lowest BCUT2D eigenvalue weighted by Crippen LogP contribution is -2.32. The van der Waals surface area contributed by atoms with Crippen LogP contribution in [0.4, 0.5) is 0 Å². The van der Waals surface area contributed by atoms with E-state index < -0.39 is 5.91 Å². The SMILES string of the molecule is CC(C)C(NC(=O)c1cc2cc(Cl)ccc2[nH]1)c1ccc(C(=O)NO)cc1. The Kier molecular flexibility index (Phi) is 5.48. The Bertz CT molecular complexity index is 980.